The molecule has 2 aromatic carbocycles. The van der Waals surface area contributed by atoms with Gasteiger partial charge in [0.2, 0.25) is 12.7 Å². The highest BCUT2D eigenvalue weighted by Gasteiger charge is 2.38. The van der Waals surface area contributed by atoms with Gasteiger partial charge in [0.25, 0.3) is 0 Å². The Labute approximate surface area is 176 Å². The fourth-order valence-electron chi connectivity index (χ4n) is 4.20. The van der Waals surface area contributed by atoms with Crippen molar-refractivity contribution in [3.8, 4) is 11.5 Å². The van der Waals surface area contributed by atoms with Crippen molar-refractivity contribution in [1.82, 2.24) is 5.59 Å². The number of allylic oxidation sites excluding steroid dienone is 3. The van der Waals surface area contributed by atoms with Crippen LogP contribution in [0.1, 0.15) is 17.9 Å². The maximum absolute atomic E-state index is 12.6. The van der Waals surface area contributed by atoms with Gasteiger partial charge in [-0.3, -0.25) is 0 Å². The summed E-state index contributed by atoms with van der Waals surface area (Å²) >= 11 is 0. The monoisotopic (exact) mass is 416 g/mol. The van der Waals surface area contributed by atoms with Crippen LogP contribution >= 0.6 is 0 Å². The fraction of sp³-hybridized carbons (Fsp3) is 0.136. The molecule has 0 radical (unpaired) electrons. The third kappa shape index (κ3) is 2.78. The molecule has 1 saturated heterocycles. The molecule has 6 rings (SSSR count). The van der Waals surface area contributed by atoms with E-state index in [1.165, 1.54) is 0 Å². The SMILES string of the molecule is O=C1ONN(c2ccccc2)/C1=C1\C=C2N=NC(O)=C2C(c2ccc3c(c2)OCO3)C1. The van der Waals surface area contributed by atoms with Crippen LogP contribution in [0, 0.1) is 0 Å². The summed E-state index contributed by atoms with van der Waals surface area (Å²) in [6, 6.07) is 15.0. The number of aliphatic hydroxyl groups is 1. The molecular formula is C22H16N4O5. The molecule has 0 amide bonds. The smallest absolute Gasteiger partial charge is 0.377 e. The summed E-state index contributed by atoms with van der Waals surface area (Å²) in [6.45, 7) is 0.173. The van der Waals surface area contributed by atoms with Gasteiger partial charge in [-0.2, -0.15) is 0 Å². The Morgan fingerprint density at radius 2 is 1.90 bits per heavy atom. The maximum Gasteiger partial charge on any atom is 0.377 e. The number of hydrogen-bond acceptors (Lipinski definition) is 9. The Balaban J connectivity index is 1.48. The third-order valence-electron chi connectivity index (χ3n) is 5.62. The minimum Gasteiger partial charge on any atom is -0.492 e. The first-order valence-electron chi connectivity index (χ1n) is 9.70. The Morgan fingerprint density at radius 1 is 1.06 bits per heavy atom. The van der Waals surface area contributed by atoms with Crippen LogP contribution in [0.25, 0.3) is 0 Å². The molecule has 31 heavy (non-hydrogen) atoms. The van der Waals surface area contributed by atoms with Crippen LogP contribution in [0.5, 0.6) is 11.5 Å². The summed E-state index contributed by atoms with van der Waals surface area (Å²) in [4.78, 5) is 17.8. The van der Waals surface area contributed by atoms with Crippen LogP contribution in [0.15, 0.2) is 93.3 Å². The van der Waals surface area contributed by atoms with Crippen LogP contribution in [0.3, 0.4) is 0 Å². The Morgan fingerprint density at radius 3 is 2.77 bits per heavy atom. The standard InChI is InChI=1S/C22H16N4O5/c27-21-19-15(12-6-7-17-18(10-12)30-11-29-17)8-13(9-16(19)23-24-21)20-22(28)31-25-26(20)14-4-2-1-3-5-14/h1-7,9-10,15,25,27H,8,11H2/b20-13-. The Bertz CT molecular complexity index is 1230. The lowest BCUT2D eigenvalue weighted by atomic mass is 9.79. The quantitative estimate of drug-likeness (QED) is 0.718. The van der Waals surface area contributed by atoms with Crippen molar-refractivity contribution in [2.75, 3.05) is 11.8 Å². The number of aliphatic hydroxyl groups excluding tert-OH is 1. The Hall–Kier alpha value is -4.11. The van der Waals surface area contributed by atoms with E-state index >= 15 is 0 Å². The lowest BCUT2D eigenvalue weighted by Gasteiger charge is -2.26. The number of ether oxygens (including phenoxy) is 2. The van der Waals surface area contributed by atoms with Gasteiger partial charge >= 0.3 is 5.97 Å². The zero-order chi connectivity index (χ0) is 20.9. The van der Waals surface area contributed by atoms with Gasteiger partial charge in [0, 0.05) is 5.92 Å². The van der Waals surface area contributed by atoms with Crippen LogP contribution < -0.4 is 20.1 Å². The van der Waals surface area contributed by atoms with Crippen molar-refractivity contribution in [3.63, 3.8) is 0 Å². The van der Waals surface area contributed by atoms with E-state index in [4.69, 9.17) is 14.3 Å². The molecule has 3 heterocycles. The van der Waals surface area contributed by atoms with Gasteiger partial charge in [-0.15, -0.1) is 10.2 Å². The number of azo groups is 1. The van der Waals surface area contributed by atoms with Crippen LogP contribution in [-0.2, 0) is 9.63 Å². The molecule has 0 bridgehead atoms. The molecule has 4 aliphatic rings. The summed E-state index contributed by atoms with van der Waals surface area (Å²) in [7, 11) is 0. The number of para-hydroxylation sites is 1. The van der Waals surface area contributed by atoms with E-state index in [1.54, 1.807) is 11.1 Å². The van der Waals surface area contributed by atoms with E-state index in [0.717, 1.165) is 11.3 Å². The highest BCUT2D eigenvalue weighted by atomic mass is 16.7. The van der Waals surface area contributed by atoms with E-state index in [1.807, 2.05) is 48.5 Å². The second-order valence-corrected chi connectivity index (χ2v) is 7.36. The van der Waals surface area contributed by atoms with Gasteiger partial charge in [-0.05, 0) is 47.9 Å². The lowest BCUT2D eigenvalue weighted by Crippen LogP contribution is -2.29. The zero-order valence-electron chi connectivity index (χ0n) is 16.1. The topological polar surface area (TPSA) is 105 Å². The molecule has 0 aromatic heterocycles. The molecule has 2 aromatic rings. The second-order valence-electron chi connectivity index (χ2n) is 7.36. The number of hydrazine groups is 1. The number of anilines is 1. The van der Waals surface area contributed by atoms with Crippen molar-refractivity contribution >= 4 is 11.7 Å². The van der Waals surface area contributed by atoms with Crippen molar-refractivity contribution in [1.29, 1.82) is 0 Å². The molecule has 9 heteroatoms. The van der Waals surface area contributed by atoms with Crippen molar-refractivity contribution < 1.29 is 24.2 Å². The Kier molecular flexibility index (Phi) is 3.84. The number of rotatable bonds is 2. The number of nitrogens with zero attached hydrogens (tertiary/aromatic N) is 3. The first-order valence-corrected chi connectivity index (χ1v) is 9.70. The minimum absolute atomic E-state index is 0.120. The summed E-state index contributed by atoms with van der Waals surface area (Å²) in [5.74, 6) is 0.420. The molecule has 2 N–H and O–H groups in total. The molecular weight excluding hydrogens is 400 g/mol. The second kappa shape index (κ2) is 6.71. The van der Waals surface area contributed by atoms with Crippen molar-refractivity contribution in [2.45, 2.75) is 12.3 Å². The number of carbonyl (C=O) groups is 1. The molecule has 154 valence electrons. The van der Waals surface area contributed by atoms with Crippen LogP contribution in [0.2, 0.25) is 0 Å². The normalized spacial score (nSPS) is 23.9. The average molecular weight is 416 g/mol. The van der Waals surface area contributed by atoms with Crippen molar-refractivity contribution in [2.24, 2.45) is 10.2 Å². The number of hydrogen-bond donors (Lipinski definition) is 2. The largest absolute Gasteiger partial charge is 0.492 e. The number of benzene rings is 2. The summed E-state index contributed by atoms with van der Waals surface area (Å²) in [5, 5.41) is 19.9. The molecule has 1 fully saturated rings. The first kappa shape index (κ1) is 17.7. The molecule has 1 aliphatic carbocycles. The molecule has 1 unspecified atom stereocenters. The highest BCUT2D eigenvalue weighted by molar-refractivity contribution is 5.96. The van der Waals surface area contributed by atoms with E-state index < -0.39 is 5.97 Å². The van der Waals surface area contributed by atoms with E-state index in [0.29, 0.717) is 40.5 Å². The van der Waals surface area contributed by atoms with Gasteiger partial charge in [-0.1, -0.05) is 29.9 Å². The fourth-order valence-corrected chi connectivity index (χ4v) is 4.20. The van der Waals surface area contributed by atoms with Gasteiger partial charge in [0.1, 0.15) is 0 Å². The third-order valence-corrected chi connectivity index (χ3v) is 5.62. The molecule has 9 nitrogen and oxygen atoms in total. The maximum atomic E-state index is 12.6. The van der Waals surface area contributed by atoms with Crippen LogP contribution in [-0.4, -0.2) is 17.9 Å². The van der Waals surface area contributed by atoms with E-state index in [2.05, 4.69) is 15.8 Å². The minimum atomic E-state index is -0.494. The number of carbonyl (C=O) groups excluding carboxylic acids is 1. The summed E-state index contributed by atoms with van der Waals surface area (Å²) in [6.07, 6.45) is 2.20. The van der Waals surface area contributed by atoms with Gasteiger partial charge in [0.05, 0.1) is 17.0 Å². The summed E-state index contributed by atoms with van der Waals surface area (Å²) in [5.41, 5.74) is 6.54. The number of fused-ring (bicyclic) bond motifs is 2. The van der Waals surface area contributed by atoms with Crippen LogP contribution in [0.4, 0.5) is 5.69 Å². The predicted octanol–water partition coefficient (Wildman–Crippen LogP) is 3.76. The molecule has 0 spiro atoms. The van der Waals surface area contributed by atoms with Gasteiger partial charge in [0.15, 0.2) is 17.2 Å². The van der Waals surface area contributed by atoms with Gasteiger partial charge in [-0.25, -0.2) is 9.80 Å². The highest BCUT2D eigenvalue weighted by Crippen LogP contribution is 2.47. The number of nitrogens with one attached hydrogen (secondary N) is 1. The lowest BCUT2D eigenvalue weighted by molar-refractivity contribution is -0.140. The average Bonchev–Trinajstić information content (AvgIpc) is 3.52. The van der Waals surface area contributed by atoms with E-state index in [-0.39, 0.29) is 18.6 Å². The van der Waals surface area contributed by atoms with E-state index in [9.17, 15) is 9.90 Å². The molecule has 3 aliphatic heterocycles. The first-order chi connectivity index (χ1) is 15.2. The van der Waals surface area contributed by atoms with Gasteiger partial charge < -0.3 is 19.4 Å². The molecule has 0 saturated carbocycles. The molecule has 1 atom stereocenters. The summed E-state index contributed by atoms with van der Waals surface area (Å²) < 4.78 is 10.9. The predicted molar refractivity (Wildman–Crippen MR) is 108 cm³/mol. The zero-order valence-corrected chi connectivity index (χ0v) is 16.1. The van der Waals surface area contributed by atoms with Crippen molar-refractivity contribution in [3.05, 3.63) is 88.6 Å².